The van der Waals surface area contributed by atoms with Gasteiger partial charge in [0, 0.05) is 37.5 Å². The zero-order valence-corrected chi connectivity index (χ0v) is 13.0. The fraction of sp³-hybridized carbons (Fsp3) is 0.611. The van der Waals surface area contributed by atoms with E-state index in [1.165, 1.54) is 31.5 Å². The number of rotatable bonds is 4. The van der Waals surface area contributed by atoms with Gasteiger partial charge in [0.05, 0.1) is 0 Å². The first-order valence-electron chi connectivity index (χ1n) is 8.55. The molecule has 4 heterocycles. The lowest BCUT2D eigenvalue weighted by atomic mass is 9.75. The Hall–Kier alpha value is -1.39. The lowest BCUT2D eigenvalue weighted by Crippen LogP contribution is -2.60. The molecule has 4 heteroatoms. The minimum atomic E-state index is -0.180. The summed E-state index contributed by atoms with van der Waals surface area (Å²) in [5.41, 5.74) is 6.83. The van der Waals surface area contributed by atoms with Crippen molar-refractivity contribution >= 4 is 5.91 Å². The molecule has 0 saturated carbocycles. The Morgan fingerprint density at radius 3 is 2.55 bits per heavy atom. The van der Waals surface area contributed by atoms with Crippen LogP contribution in [0, 0.1) is 5.92 Å². The van der Waals surface area contributed by atoms with Gasteiger partial charge in [0.2, 0.25) is 5.91 Å². The van der Waals surface area contributed by atoms with Crippen molar-refractivity contribution in [1.82, 2.24) is 9.80 Å². The number of nitrogens with zero attached hydrogens (tertiary/aromatic N) is 2. The van der Waals surface area contributed by atoms with E-state index in [4.69, 9.17) is 5.73 Å². The summed E-state index contributed by atoms with van der Waals surface area (Å²) in [5, 5.41) is 0. The molecule has 2 bridgehead atoms. The van der Waals surface area contributed by atoms with Crippen LogP contribution in [0.2, 0.25) is 0 Å². The van der Waals surface area contributed by atoms with Crippen molar-refractivity contribution in [2.24, 2.45) is 11.7 Å². The van der Waals surface area contributed by atoms with Crippen LogP contribution in [0.5, 0.6) is 0 Å². The number of carbonyl (C=O) groups excluding carboxylic acids is 1. The van der Waals surface area contributed by atoms with Gasteiger partial charge in [0.25, 0.3) is 0 Å². The Morgan fingerprint density at radius 2 is 1.86 bits per heavy atom. The van der Waals surface area contributed by atoms with Gasteiger partial charge in [0.15, 0.2) is 0 Å². The molecule has 22 heavy (non-hydrogen) atoms. The van der Waals surface area contributed by atoms with Crippen molar-refractivity contribution in [3.05, 3.63) is 35.9 Å². The molecule has 0 unspecified atom stereocenters. The lowest BCUT2D eigenvalue weighted by Gasteiger charge is -2.51. The second-order valence-corrected chi connectivity index (χ2v) is 7.08. The summed E-state index contributed by atoms with van der Waals surface area (Å²) in [7, 11) is 0. The Bertz CT molecular complexity index is 539. The van der Waals surface area contributed by atoms with E-state index < -0.39 is 0 Å². The van der Waals surface area contributed by atoms with Crippen molar-refractivity contribution < 1.29 is 4.79 Å². The highest BCUT2D eigenvalue weighted by Gasteiger charge is 2.52. The smallest absolute Gasteiger partial charge is 0.218 e. The van der Waals surface area contributed by atoms with Gasteiger partial charge in [-0.3, -0.25) is 14.6 Å². The summed E-state index contributed by atoms with van der Waals surface area (Å²) >= 11 is 0. The van der Waals surface area contributed by atoms with Gasteiger partial charge >= 0.3 is 0 Å². The molecule has 2 N–H and O–H groups in total. The Labute approximate surface area is 132 Å². The monoisotopic (exact) mass is 299 g/mol. The molecule has 4 nitrogen and oxygen atoms in total. The molecule has 3 atom stereocenters. The SMILES string of the molecule is NC(=O)CCN1C[C@H](c2ccccc2)[C@@H]2[C@H]1C1CCN2CC1. The highest BCUT2D eigenvalue weighted by Crippen LogP contribution is 2.46. The van der Waals surface area contributed by atoms with Crippen molar-refractivity contribution in [3.8, 4) is 0 Å². The average Bonchev–Trinajstić information content (AvgIpc) is 2.97. The maximum Gasteiger partial charge on any atom is 0.218 e. The molecule has 4 fully saturated rings. The second kappa shape index (κ2) is 5.67. The Morgan fingerprint density at radius 1 is 1.14 bits per heavy atom. The third-order valence-electron chi connectivity index (χ3n) is 5.97. The molecule has 0 aromatic heterocycles. The topological polar surface area (TPSA) is 49.6 Å². The van der Waals surface area contributed by atoms with E-state index in [2.05, 4.69) is 40.1 Å². The molecule has 4 aliphatic heterocycles. The quantitative estimate of drug-likeness (QED) is 0.915. The lowest BCUT2D eigenvalue weighted by molar-refractivity contribution is -0.118. The number of likely N-dealkylation sites (tertiary alicyclic amines) is 1. The predicted octanol–water partition coefficient (Wildman–Crippen LogP) is 1.42. The van der Waals surface area contributed by atoms with Crippen molar-refractivity contribution in [1.29, 1.82) is 0 Å². The first-order chi connectivity index (χ1) is 10.7. The van der Waals surface area contributed by atoms with E-state index in [1.807, 2.05) is 0 Å². The summed E-state index contributed by atoms with van der Waals surface area (Å²) < 4.78 is 0. The third-order valence-corrected chi connectivity index (χ3v) is 5.97. The second-order valence-electron chi connectivity index (χ2n) is 7.08. The summed E-state index contributed by atoms with van der Waals surface area (Å²) in [5.74, 6) is 1.19. The maximum atomic E-state index is 11.2. The van der Waals surface area contributed by atoms with Crippen LogP contribution in [-0.4, -0.2) is 54.0 Å². The summed E-state index contributed by atoms with van der Waals surface area (Å²) in [4.78, 5) is 16.5. The van der Waals surface area contributed by atoms with Gasteiger partial charge in [-0.1, -0.05) is 30.3 Å². The number of piperidine rings is 3. The number of fused-ring (bicyclic) bond motifs is 2. The van der Waals surface area contributed by atoms with Gasteiger partial charge in [-0.25, -0.2) is 0 Å². The van der Waals surface area contributed by atoms with Crippen molar-refractivity contribution in [2.45, 2.75) is 37.3 Å². The Kier molecular flexibility index (Phi) is 3.66. The number of benzene rings is 1. The molecule has 1 aromatic rings. The zero-order valence-electron chi connectivity index (χ0n) is 13.0. The van der Waals surface area contributed by atoms with Gasteiger partial charge in [0.1, 0.15) is 0 Å². The van der Waals surface area contributed by atoms with Gasteiger partial charge < -0.3 is 5.73 Å². The summed E-state index contributed by atoms with van der Waals surface area (Å²) in [6.07, 6.45) is 3.11. The van der Waals surface area contributed by atoms with E-state index in [0.717, 1.165) is 19.0 Å². The first kappa shape index (κ1) is 14.2. The largest absolute Gasteiger partial charge is 0.370 e. The average molecular weight is 299 g/mol. The van der Waals surface area contributed by atoms with E-state index in [-0.39, 0.29) is 5.91 Å². The van der Waals surface area contributed by atoms with Crippen LogP contribution in [-0.2, 0) is 4.79 Å². The number of nitrogens with two attached hydrogens (primary N) is 1. The summed E-state index contributed by atoms with van der Waals surface area (Å²) in [6, 6.07) is 12.2. The number of hydrogen-bond acceptors (Lipinski definition) is 3. The normalized spacial score (nSPS) is 37.2. The number of primary amides is 1. The van der Waals surface area contributed by atoms with E-state index >= 15 is 0 Å². The van der Waals surface area contributed by atoms with Crippen LogP contribution in [0.4, 0.5) is 0 Å². The highest BCUT2D eigenvalue weighted by molar-refractivity contribution is 5.73. The molecular formula is C18H25N3O. The molecule has 0 radical (unpaired) electrons. The van der Waals surface area contributed by atoms with Crippen LogP contribution < -0.4 is 5.73 Å². The van der Waals surface area contributed by atoms with Gasteiger partial charge in [-0.2, -0.15) is 0 Å². The molecule has 1 amide bonds. The van der Waals surface area contributed by atoms with Crippen molar-refractivity contribution in [2.75, 3.05) is 26.2 Å². The molecule has 4 aliphatic rings. The fourth-order valence-corrected chi connectivity index (χ4v) is 5.04. The van der Waals surface area contributed by atoms with E-state index in [0.29, 0.717) is 24.4 Å². The molecule has 4 saturated heterocycles. The molecule has 1 aromatic carbocycles. The minimum absolute atomic E-state index is 0.180. The van der Waals surface area contributed by atoms with Gasteiger partial charge in [-0.15, -0.1) is 0 Å². The molecule has 5 rings (SSSR count). The van der Waals surface area contributed by atoms with Crippen LogP contribution in [0.1, 0.15) is 30.7 Å². The first-order valence-corrected chi connectivity index (χ1v) is 8.55. The van der Waals surface area contributed by atoms with Crippen LogP contribution in [0.3, 0.4) is 0 Å². The standard InChI is InChI=1S/C18H25N3O/c19-16(22)8-11-21-12-15(13-4-2-1-3-5-13)18-17(21)14-6-9-20(18)10-7-14/h1-5,14-15,17-18H,6-12H2,(H2,19,22)/t15-,17-,18-/m1/s1. The third kappa shape index (κ3) is 2.34. The zero-order chi connectivity index (χ0) is 15.1. The van der Waals surface area contributed by atoms with Crippen LogP contribution >= 0.6 is 0 Å². The Balaban J connectivity index is 1.62. The predicted molar refractivity (Wildman–Crippen MR) is 86.4 cm³/mol. The van der Waals surface area contributed by atoms with Gasteiger partial charge in [-0.05, 0) is 37.4 Å². The number of carbonyl (C=O) groups is 1. The van der Waals surface area contributed by atoms with E-state index in [9.17, 15) is 4.79 Å². The molecule has 0 spiro atoms. The fourth-order valence-electron chi connectivity index (χ4n) is 5.04. The molecular weight excluding hydrogens is 274 g/mol. The maximum absolute atomic E-state index is 11.2. The van der Waals surface area contributed by atoms with Crippen LogP contribution in [0.15, 0.2) is 30.3 Å². The van der Waals surface area contributed by atoms with E-state index in [1.54, 1.807) is 0 Å². The molecule has 0 aliphatic carbocycles. The number of hydrogen-bond donors (Lipinski definition) is 1. The highest BCUT2D eigenvalue weighted by atomic mass is 16.1. The minimum Gasteiger partial charge on any atom is -0.370 e. The van der Waals surface area contributed by atoms with Crippen molar-refractivity contribution in [3.63, 3.8) is 0 Å². The summed E-state index contributed by atoms with van der Waals surface area (Å²) in [6.45, 7) is 4.39. The van der Waals surface area contributed by atoms with Crippen LogP contribution in [0.25, 0.3) is 0 Å². The molecule has 118 valence electrons. The number of amides is 1.